The van der Waals surface area contributed by atoms with Gasteiger partial charge in [-0.15, -0.1) is 0 Å². The Balaban J connectivity index is 2.66. The summed E-state index contributed by atoms with van der Waals surface area (Å²) in [5, 5.41) is 3.20. The Morgan fingerprint density at radius 3 is 2.71 bits per heavy atom. The molecule has 0 aromatic carbocycles. The molecule has 0 amide bonds. The number of aryl methyl sites for hydroxylation is 1. The van der Waals surface area contributed by atoms with E-state index < -0.39 is 0 Å². The number of nitrogens with one attached hydrogen (secondary N) is 1. The average molecular weight is 323 g/mol. The van der Waals surface area contributed by atoms with Crippen molar-refractivity contribution < 1.29 is 0 Å². The molecule has 1 aromatic rings. The van der Waals surface area contributed by atoms with Gasteiger partial charge in [-0.2, -0.15) is 0 Å². The van der Waals surface area contributed by atoms with E-state index in [0.717, 1.165) is 41.2 Å². The lowest BCUT2D eigenvalue weighted by molar-refractivity contribution is 0.376. The summed E-state index contributed by atoms with van der Waals surface area (Å²) in [5.41, 5.74) is 5.00. The lowest BCUT2D eigenvalue weighted by atomic mass is 9.91. The molecule has 0 saturated heterocycles. The van der Waals surface area contributed by atoms with E-state index in [0.29, 0.717) is 5.92 Å². The molecule has 0 radical (unpaired) electrons. The van der Waals surface area contributed by atoms with Gasteiger partial charge in [0.1, 0.15) is 5.69 Å². The van der Waals surface area contributed by atoms with Gasteiger partial charge in [0.2, 0.25) is 0 Å². The van der Waals surface area contributed by atoms with Gasteiger partial charge in [-0.05, 0) is 69.0 Å². The Morgan fingerprint density at radius 1 is 1.42 bits per heavy atom. The van der Waals surface area contributed by atoms with E-state index in [2.05, 4.69) is 64.4 Å². The van der Waals surface area contributed by atoms with E-state index in [1.807, 2.05) is 6.92 Å². The molecule has 1 aliphatic rings. The number of aromatic nitrogens is 1. The normalized spacial score (nSPS) is 14.5. The third-order valence-electron chi connectivity index (χ3n) is 4.73. The molecule has 3 heteroatoms. The predicted octanol–water partition coefficient (Wildman–Crippen LogP) is 4.99. The van der Waals surface area contributed by atoms with E-state index >= 15 is 0 Å². The highest BCUT2D eigenvalue weighted by molar-refractivity contribution is 6.02. The van der Waals surface area contributed by atoms with Gasteiger partial charge in [-0.25, -0.2) is 4.98 Å². The van der Waals surface area contributed by atoms with E-state index in [-0.39, 0.29) is 5.54 Å². The van der Waals surface area contributed by atoms with Gasteiger partial charge in [0, 0.05) is 5.56 Å². The lowest BCUT2D eigenvalue weighted by Crippen LogP contribution is -2.31. The number of aliphatic imine (C=N–C) groups is 1. The second-order valence-corrected chi connectivity index (χ2v) is 7.27. The number of pyridine rings is 1. The molecule has 0 spiro atoms. The molecule has 24 heavy (non-hydrogen) atoms. The van der Waals surface area contributed by atoms with Crippen LogP contribution in [0.3, 0.4) is 0 Å². The highest BCUT2D eigenvalue weighted by Crippen LogP contribution is 2.27. The summed E-state index contributed by atoms with van der Waals surface area (Å²) >= 11 is 0. The maximum absolute atomic E-state index is 4.97. The molecule has 1 N–H and O–H groups in total. The Bertz CT molecular complexity index is 706. The van der Waals surface area contributed by atoms with Gasteiger partial charge in [-0.1, -0.05) is 33.1 Å². The third kappa shape index (κ3) is 3.84. The summed E-state index contributed by atoms with van der Waals surface area (Å²) in [7, 11) is 0. The molecular formula is C21H29N3. The van der Waals surface area contributed by atoms with Gasteiger partial charge < -0.3 is 5.32 Å². The van der Waals surface area contributed by atoms with E-state index in [4.69, 9.17) is 9.98 Å². The van der Waals surface area contributed by atoms with Crippen molar-refractivity contribution in [2.45, 2.75) is 53.0 Å². The van der Waals surface area contributed by atoms with Crippen LogP contribution < -0.4 is 5.32 Å². The SMILES string of the molecule is C=CNC(=NC(C)(C)C(C)C)c1nc2c(cc1C(=C)C)CCC=C2. The molecule has 1 aromatic heterocycles. The highest BCUT2D eigenvalue weighted by atomic mass is 15.0. The number of rotatable bonds is 5. The number of allylic oxidation sites excluding steroid dienone is 2. The Hall–Kier alpha value is -2.16. The van der Waals surface area contributed by atoms with E-state index in [1.165, 1.54) is 5.56 Å². The largest absolute Gasteiger partial charge is 0.346 e. The van der Waals surface area contributed by atoms with Crippen LogP contribution in [0.2, 0.25) is 0 Å². The molecular weight excluding hydrogens is 294 g/mol. The summed E-state index contributed by atoms with van der Waals surface area (Å²) in [5.74, 6) is 1.16. The van der Waals surface area contributed by atoms with Crippen molar-refractivity contribution in [1.29, 1.82) is 0 Å². The molecule has 0 saturated carbocycles. The predicted molar refractivity (Wildman–Crippen MR) is 105 cm³/mol. The van der Waals surface area contributed by atoms with Crippen LogP contribution in [0.5, 0.6) is 0 Å². The molecule has 0 unspecified atom stereocenters. The van der Waals surface area contributed by atoms with Crippen molar-refractivity contribution in [2.75, 3.05) is 0 Å². The van der Waals surface area contributed by atoms with Crippen molar-refractivity contribution in [1.82, 2.24) is 10.3 Å². The Labute approximate surface area is 146 Å². The van der Waals surface area contributed by atoms with Crippen molar-refractivity contribution in [3.63, 3.8) is 0 Å². The zero-order valence-electron chi connectivity index (χ0n) is 15.6. The zero-order valence-corrected chi connectivity index (χ0v) is 15.6. The maximum atomic E-state index is 4.97. The standard InChI is InChI=1S/C21H29N3/c1-8-22-20(24-21(6,7)15(4)5)19-17(14(2)3)13-16-11-9-10-12-18(16)23-19/h8,10,12-13,15H,1-2,9,11H2,3-7H3,(H,22,24). The van der Waals surface area contributed by atoms with Crippen molar-refractivity contribution >= 4 is 17.5 Å². The number of fused-ring (bicyclic) bond motifs is 1. The molecule has 128 valence electrons. The fourth-order valence-electron chi connectivity index (χ4n) is 2.52. The van der Waals surface area contributed by atoms with Crippen molar-refractivity contribution in [2.24, 2.45) is 10.9 Å². The maximum Gasteiger partial charge on any atom is 0.152 e. The minimum absolute atomic E-state index is 0.203. The van der Waals surface area contributed by atoms with Crippen LogP contribution in [0.4, 0.5) is 0 Å². The average Bonchev–Trinajstić information content (AvgIpc) is 2.52. The fraction of sp³-hybridized carbons (Fsp3) is 0.429. The Morgan fingerprint density at radius 2 is 2.12 bits per heavy atom. The zero-order chi connectivity index (χ0) is 17.9. The van der Waals surface area contributed by atoms with Crippen LogP contribution >= 0.6 is 0 Å². The molecule has 0 fully saturated rings. The summed E-state index contributed by atoms with van der Waals surface area (Å²) in [6.07, 6.45) is 8.03. The van der Waals surface area contributed by atoms with Gasteiger partial charge in [-0.3, -0.25) is 4.99 Å². The molecule has 0 atom stereocenters. The Kier molecular flexibility index (Phi) is 5.43. The summed E-state index contributed by atoms with van der Waals surface area (Å²) in [6.45, 7) is 18.6. The highest BCUT2D eigenvalue weighted by Gasteiger charge is 2.24. The van der Waals surface area contributed by atoms with Crippen LogP contribution in [0, 0.1) is 5.92 Å². The minimum Gasteiger partial charge on any atom is -0.346 e. The number of amidine groups is 1. The van der Waals surface area contributed by atoms with Gasteiger partial charge in [0.05, 0.1) is 11.2 Å². The van der Waals surface area contributed by atoms with Crippen molar-refractivity contribution in [3.05, 3.63) is 54.0 Å². The van der Waals surface area contributed by atoms with Crippen LogP contribution in [-0.4, -0.2) is 16.4 Å². The summed E-state index contributed by atoms with van der Waals surface area (Å²) < 4.78 is 0. The first kappa shape index (κ1) is 18.2. The second-order valence-electron chi connectivity index (χ2n) is 7.27. The number of hydrogen-bond acceptors (Lipinski definition) is 2. The molecule has 1 heterocycles. The second kappa shape index (κ2) is 7.16. The van der Waals surface area contributed by atoms with Gasteiger partial charge in [0.25, 0.3) is 0 Å². The quantitative estimate of drug-likeness (QED) is 0.612. The van der Waals surface area contributed by atoms with E-state index in [1.54, 1.807) is 6.20 Å². The smallest absolute Gasteiger partial charge is 0.152 e. The van der Waals surface area contributed by atoms with Crippen LogP contribution in [-0.2, 0) is 6.42 Å². The number of nitrogens with zero attached hydrogens (tertiary/aromatic N) is 2. The molecule has 2 rings (SSSR count). The first-order valence-electron chi connectivity index (χ1n) is 8.60. The van der Waals surface area contributed by atoms with Gasteiger partial charge in [0.15, 0.2) is 5.84 Å². The fourth-order valence-corrected chi connectivity index (χ4v) is 2.52. The summed E-state index contributed by atoms with van der Waals surface area (Å²) in [6, 6.07) is 2.21. The molecule has 0 bridgehead atoms. The molecule has 3 nitrogen and oxygen atoms in total. The van der Waals surface area contributed by atoms with Crippen LogP contribution in [0.1, 0.15) is 63.6 Å². The third-order valence-corrected chi connectivity index (χ3v) is 4.73. The first-order chi connectivity index (χ1) is 11.3. The van der Waals surface area contributed by atoms with Gasteiger partial charge >= 0.3 is 0 Å². The molecule has 1 aliphatic carbocycles. The molecule has 0 aliphatic heterocycles. The number of hydrogen-bond donors (Lipinski definition) is 1. The van der Waals surface area contributed by atoms with Crippen LogP contribution in [0.25, 0.3) is 11.6 Å². The summed E-state index contributed by atoms with van der Waals surface area (Å²) in [4.78, 5) is 9.87. The topological polar surface area (TPSA) is 37.3 Å². The lowest BCUT2D eigenvalue weighted by Gasteiger charge is -2.26. The van der Waals surface area contributed by atoms with Crippen molar-refractivity contribution in [3.8, 4) is 0 Å². The first-order valence-corrected chi connectivity index (χ1v) is 8.60. The van der Waals surface area contributed by atoms with Crippen LogP contribution in [0.15, 0.2) is 36.5 Å². The monoisotopic (exact) mass is 323 g/mol. The van der Waals surface area contributed by atoms with E-state index in [9.17, 15) is 0 Å². The minimum atomic E-state index is -0.203.